The maximum atomic E-state index is 13.0. The first kappa shape index (κ1) is 16.3. The maximum Gasteiger partial charge on any atom is 0.264 e. The molecule has 0 fully saturated rings. The van der Waals surface area contributed by atoms with Gasteiger partial charge in [0.15, 0.2) is 0 Å². The molecule has 2 N–H and O–H groups in total. The lowest BCUT2D eigenvalue weighted by atomic mass is 10.2. The molecular formula is C16H18N4O3S. The van der Waals surface area contributed by atoms with Gasteiger partial charge in [0, 0.05) is 18.3 Å². The van der Waals surface area contributed by atoms with Crippen molar-refractivity contribution < 1.29 is 12.8 Å². The molecule has 0 aliphatic carbocycles. The number of benzene rings is 1. The molecule has 0 bridgehead atoms. The van der Waals surface area contributed by atoms with E-state index in [1.807, 2.05) is 19.1 Å². The summed E-state index contributed by atoms with van der Waals surface area (Å²) >= 11 is 0. The highest BCUT2D eigenvalue weighted by atomic mass is 32.2. The van der Waals surface area contributed by atoms with Crippen molar-refractivity contribution in [2.24, 2.45) is 0 Å². The smallest absolute Gasteiger partial charge is 0.264 e. The molecule has 0 aliphatic heterocycles. The minimum atomic E-state index is -3.82. The summed E-state index contributed by atoms with van der Waals surface area (Å²) in [5.41, 5.74) is 2.93. The topological polar surface area (TPSA) is 101 Å². The Morgan fingerprint density at radius 2 is 1.75 bits per heavy atom. The summed E-state index contributed by atoms with van der Waals surface area (Å²) in [6, 6.07) is 7.20. The van der Waals surface area contributed by atoms with Crippen LogP contribution in [0.25, 0.3) is 11.5 Å². The molecule has 3 rings (SSSR count). The van der Waals surface area contributed by atoms with Crippen molar-refractivity contribution in [2.75, 3.05) is 4.72 Å². The van der Waals surface area contributed by atoms with Crippen LogP contribution in [0, 0.1) is 27.7 Å². The van der Waals surface area contributed by atoms with E-state index < -0.39 is 10.0 Å². The van der Waals surface area contributed by atoms with Gasteiger partial charge in [0.1, 0.15) is 4.90 Å². The van der Waals surface area contributed by atoms with Gasteiger partial charge >= 0.3 is 0 Å². The summed E-state index contributed by atoms with van der Waals surface area (Å²) in [5.74, 6) is 0.554. The molecule has 3 aromatic rings. The van der Waals surface area contributed by atoms with Crippen LogP contribution in [-0.4, -0.2) is 23.6 Å². The Kier molecular flexibility index (Phi) is 3.92. The highest BCUT2D eigenvalue weighted by molar-refractivity contribution is 7.93. The lowest BCUT2D eigenvalue weighted by molar-refractivity contribution is 0.531. The Morgan fingerprint density at radius 1 is 1.04 bits per heavy atom. The van der Waals surface area contributed by atoms with Crippen LogP contribution in [-0.2, 0) is 10.0 Å². The van der Waals surface area contributed by atoms with Gasteiger partial charge in [-0.3, -0.25) is 4.72 Å². The Morgan fingerprint density at radius 3 is 2.38 bits per heavy atom. The Labute approximate surface area is 140 Å². The lowest BCUT2D eigenvalue weighted by Crippen LogP contribution is -2.15. The number of hydrogen-bond donors (Lipinski definition) is 2. The second-order valence-electron chi connectivity index (χ2n) is 5.63. The van der Waals surface area contributed by atoms with Crippen LogP contribution in [0.2, 0.25) is 0 Å². The Balaban J connectivity index is 2.13. The monoisotopic (exact) mass is 346 g/mol. The second kappa shape index (κ2) is 5.79. The van der Waals surface area contributed by atoms with E-state index in [0.29, 0.717) is 28.5 Å². The van der Waals surface area contributed by atoms with Crippen LogP contribution in [0.15, 0.2) is 33.6 Å². The molecule has 0 aliphatic rings. The molecule has 24 heavy (non-hydrogen) atoms. The predicted molar refractivity (Wildman–Crippen MR) is 90.3 cm³/mol. The van der Waals surface area contributed by atoms with Crippen LogP contribution in [0.5, 0.6) is 0 Å². The van der Waals surface area contributed by atoms with Crippen LogP contribution in [0.4, 0.5) is 5.69 Å². The van der Waals surface area contributed by atoms with Crippen LogP contribution < -0.4 is 4.72 Å². The van der Waals surface area contributed by atoms with Gasteiger partial charge < -0.3 is 9.40 Å². The second-order valence-corrected chi connectivity index (χ2v) is 7.25. The minimum Gasteiger partial charge on any atom is -0.421 e. The van der Waals surface area contributed by atoms with Crippen molar-refractivity contribution >= 4 is 15.7 Å². The predicted octanol–water partition coefficient (Wildman–Crippen LogP) is 3.10. The molecular weight excluding hydrogens is 328 g/mol. The van der Waals surface area contributed by atoms with E-state index in [-0.39, 0.29) is 10.8 Å². The van der Waals surface area contributed by atoms with E-state index in [1.165, 1.54) is 0 Å². The number of nitrogens with zero attached hydrogens (tertiary/aromatic N) is 2. The molecule has 2 aromatic heterocycles. The van der Waals surface area contributed by atoms with E-state index in [0.717, 1.165) is 5.56 Å². The molecule has 1 aromatic carbocycles. The summed E-state index contributed by atoms with van der Waals surface area (Å²) < 4.78 is 34.0. The third-order valence-corrected chi connectivity index (χ3v) is 5.25. The van der Waals surface area contributed by atoms with Gasteiger partial charge in [0.05, 0.1) is 11.3 Å². The average molecular weight is 346 g/mol. The largest absolute Gasteiger partial charge is 0.421 e. The van der Waals surface area contributed by atoms with Gasteiger partial charge in [-0.1, -0.05) is 18.2 Å². The summed E-state index contributed by atoms with van der Waals surface area (Å²) in [7, 11) is -3.82. The zero-order valence-corrected chi connectivity index (χ0v) is 14.7. The summed E-state index contributed by atoms with van der Waals surface area (Å²) in [4.78, 5) is 3.16. The third-order valence-electron chi connectivity index (χ3n) is 3.72. The van der Waals surface area contributed by atoms with Crippen molar-refractivity contribution in [3.05, 3.63) is 47.1 Å². The number of aryl methyl sites for hydroxylation is 4. The number of rotatable bonds is 4. The fraction of sp³-hybridized carbons (Fsp3) is 0.250. The highest BCUT2D eigenvalue weighted by Gasteiger charge is 2.29. The summed E-state index contributed by atoms with van der Waals surface area (Å²) in [6.45, 7) is 6.97. The molecule has 8 heteroatoms. The van der Waals surface area contributed by atoms with Gasteiger partial charge in [0.25, 0.3) is 15.9 Å². The number of aromatic amines is 1. The van der Waals surface area contributed by atoms with Gasteiger partial charge in [0.2, 0.25) is 5.89 Å². The van der Waals surface area contributed by atoms with E-state index in [1.54, 1.807) is 32.9 Å². The normalized spacial score (nSPS) is 11.7. The molecule has 0 amide bonds. The van der Waals surface area contributed by atoms with E-state index in [4.69, 9.17) is 4.42 Å². The molecule has 0 atom stereocenters. The third kappa shape index (κ3) is 2.80. The van der Waals surface area contributed by atoms with Crippen LogP contribution in [0.3, 0.4) is 0 Å². The van der Waals surface area contributed by atoms with Crippen molar-refractivity contribution in [3.63, 3.8) is 0 Å². The molecule has 7 nitrogen and oxygen atoms in total. The molecule has 2 heterocycles. The Bertz CT molecular complexity index is 1000. The molecule has 0 radical (unpaired) electrons. The summed E-state index contributed by atoms with van der Waals surface area (Å²) in [5, 5.41) is 7.75. The van der Waals surface area contributed by atoms with Crippen molar-refractivity contribution in [1.82, 2.24) is 15.2 Å². The van der Waals surface area contributed by atoms with Gasteiger partial charge in [-0.2, -0.15) is 0 Å². The summed E-state index contributed by atoms with van der Waals surface area (Å²) in [6.07, 6.45) is 0. The molecule has 0 saturated heterocycles. The fourth-order valence-corrected chi connectivity index (χ4v) is 4.22. The molecule has 0 unspecified atom stereocenters. The minimum absolute atomic E-state index is 0.118. The first-order valence-electron chi connectivity index (χ1n) is 7.37. The standard InChI is InChI=1S/C16H18N4O3S/c1-9-7-5-6-8-13(9)20-24(21,22)15-11(3)17-10(2)14(15)16-19-18-12(4)23-16/h5-8,17,20H,1-4H3. The van der Waals surface area contributed by atoms with Gasteiger partial charge in [-0.25, -0.2) is 8.42 Å². The molecule has 0 spiro atoms. The number of H-pyrrole nitrogens is 1. The van der Waals surface area contributed by atoms with Gasteiger partial charge in [-0.15, -0.1) is 10.2 Å². The van der Waals surface area contributed by atoms with E-state index in [2.05, 4.69) is 19.9 Å². The quantitative estimate of drug-likeness (QED) is 0.756. The first-order valence-corrected chi connectivity index (χ1v) is 8.86. The fourth-order valence-electron chi connectivity index (χ4n) is 2.63. The number of nitrogens with one attached hydrogen (secondary N) is 2. The number of aromatic nitrogens is 3. The van der Waals surface area contributed by atoms with Crippen molar-refractivity contribution in [2.45, 2.75) is 32.6 Å². The first-order chi connectivity index (χ1) is 11.3. The molecule has 0 saturated carbocycles. The van der Waals surface area contributed by atoms with E-state index >= 15 is 0 Å². The van der Waals surface area contributed by atoms with Crippen LogP contribution in [0.1, 0.15) is 22.8 Å². The number of para-hydroxylation sites is 1. The lowest BCUT2D eigenvalue weighted by Gasteiger charge is -2.11. The number of sulfonamides is 1. The van der Waals surface area contributed by atoms with Crippen molar-refractivity contribution in [1.29, 1.82) is 0 Å². The van der Waals surface area contributed by atoms with Gasteiger partial charge in [-0.05, 0) is 32.4 Å². The van der Waals surface area contributed by atoms with E-state index in [9.17, 15) is 8.42 Å². The van der Waals surface area contributed by atoms with Crippen molar-refractivity contribution in [3.8, 4) is 11.5 Å². The van der Waals surface area contributed by atoms with Crippen LogP contribution >= 0.6 is 0 Å². The zero-order chi connectivity index (χ0) is 17.5. The number of hydrogen-bond acceptors (Lipinski definition) is 5. The number of anilines is 1. The Hall–Kier alpha value is -2.61. The molecule has 126 valence electrons. The maximum absolute atomic E-state index is 13.0. The highest BCUT2D eigenvalue weighted by Crippen LogP contribution is 2.33. The zero-order valence-electron chi connectivity index (χ0n) is 13.8. The SMILES string of the molecule is Cc1nnc(-c2c(C)[nH]c(C)c2S(=O)(=O)Nc2ccccc2C)o1. The average Bonchev–Trinajstić information content (AvgIpc) is 3.04.